The summed E-state index contributed by atoms with van der Waals surface area (Å²) >= 11 is 0. The van der Waals surface area contributed by atoms with Crippen molar-refractivity contribution >= 4 is 11.6 Å². The fourth-order valence-electron chi connectivity index (χ4n) is 2.79. The van der Waals surface area contributed by atoms with E-state index in [9.17, 15) is 18.0 Å². The lowest BCUT2D eigenvalue weighted by Gasteiger charge is -2.24. The van der Waals surface area contributed by atoms with Crippen molar-refractivity contribution in [1.82, 2.24) is 0 Å². The van der Waals surface area contributed by atoms with Gasteiger partial charge in [0.1, 0.15) is 5.75 Å². The average molecular weight is 385 g/mol. The van der Waals surface area contributed by atoms with E-state index < -0.39 is 17.6 Å². The van der Waals surface area contributed by atoms with Gasteiger partial charge in [-0.1, -0.05) is 36.4 Å². The van der Waals surface area contributed by atoms with Gasteiger partial charge in [-0.25, -0.2) is 0 Å². The fraction of sp³-hybridized carbons (Fsp3) is 0.136. The number of halogens is 3. The van der Waals surface area contributed by atoms with E-state index in [0.717, 1.165) is 17.7 Å². The van der Waals surface area contributed by atoms with Crippen LogP contribution in [0, 0.1) is 0 Å². The third-order valence-electron chi connectivity index (χ3n) is 4.25. The molecule has 0 saturated heterocycles. The van der Waals surface area contributed by atoms with Crippen LogP contribution < -0.4 is 9.64 Å². The van der Waals surface area contributed by atoms with E-state index >= 15 is 0 Å². The molecular formula is C22H18F3NO2. The molecule has 3 aromatic carbocycles. The largest absolute Gasteiger partial charge is 0.497 e. The fourth-order valence-corrected chi connectivity index (χ4v) is 2.79. The van der Waals surface area contributed by atoms with Crippen LogP contribution in [0.4, 0.5) is 18.9 Å². The van der Waals surface area contributed by atoms with Gasteiger partial charge in [-0.2, -0.15) is 13.2 Å². The Kier molecular flexibility index (Phi) is 5.68. The highest BCUT2D eigenvalue weighted by molar-refractivity contribution is 6.06. The van der Waals surface area contributed by atoms with Gasteiger partial charge in [-0.05, 0) is 48.0 Å². The van der Waals surface area contributed by atoms with Crippen LogP contribution in [-0.2, 0) is 12.7 Å². The van der Waals surface area contributed by atoms with Gasteiger partial charge in [-0.15, -0.1) is 0 Å². The molecule has 0 bridgehead atoms. The molecule has 3 aromatic rings. The first-order valence-corrected chi connectivity index (χ1v) is 8.55. The van der Waals surface area contributed by atoms with Crippen LogP contribution in [0.2, 0.25) is 0 Å². The van der Waals surface area contributed by atoms with E-state index in [1.165, 1.54) is 24.1 Å². The minimum absolute atomic E-state index is 0.0263. The van der Waals surface area contributed by atoms with Gasteiger partial charge in [-0.3, -0.25) is 4.79 Å². The second kappa shape index (κ2) is 8.17. The zero-order valence-electron chi connectivity index (χ0n) is 15.1. The number of hydrogen-bond acceptors (Lipinski definition) is 2. The van der Waals surface area contributed by atoms with Crippen LogP contribution in [-0.4, -0.2) is 13.0 Å². The number of nitrogens with zero attached hydrogens (tertiary/aromatic N) is 1. The van der Waals surface area contributed by atoms with Gasteiger partial charge < -0.3 is 9.64 Å². The lowest BCUT2D eigenvalue weighted by Crippen LogP contribution is -2.30. The normalized spacial score (nSPS) is 11.1. The average Bonchev–Trinajstić information content (AvgIpc) is 2.72. The predicted molar refractivity (Wildman–Crippen MR) is 101 cm³/mol. The Morgan fingerprint density at radius 3 is 2.21 bits per heavy atom. The molecule has 0 atom stereocenters. The highest BCUT2D eigenvalue weighted by Crippen LogP contribution is 2.30. The van der Waals surface area contributed by atoms with E-state index in [1.54, 1.807) is 24.3 Å². The van der Waals surface area contributed by atoms with Crippen molar-refractivity contribution in [2.75, 3.05) is 12.0 Å². The second-order valence-corrected chi connectivity index (χ2v) is 6.15. The van der Waals surface area contributed by atoms with Crippen LogP contribution >= 0.6 is 0 Å². The van der Waals surface area contributed by atoms with Crippen molar-refractivity contribution in [2.24, 2.45) is 0 Å². The molecular weight excluding hydrogens is 367 g/mol. The Balaban J connectivity index is 1.99. The molecule has 0 aliphatic heterocycles. The van der Waals surface area contributed by atoms with Gasteiger partial charge in [0.25, 0.3) is 5.91 Å². The van der Waals surface area contributed by atoms with Gasteiger partial charge in [0.15, 0.2) is 0 Å². The number of ether oxygens (including phenoxy) is 1. The number of rotatable bonds is 5. The zero-order valence-corrected chi connectivity index (χ0v) is 15.1. The molecule has 0 spiro atoms. The summed E-state index contributed by atoms with van der Waals surface area (Å²) in [6, 6.07) is 20.5. The summed E-state index contributed by atoms with van der Waals surface area (Å²) in [7, 11) is 1.53. The van der Waals surface area contributed by atoms with Gasteiger partial charge >= 0.3 is 6.18 Å². The van der Waals surface area contributed by atoms with Crippen LogP contribution in [0.15, 0.2) is 78.9 Å². The van der Waals surface area contributed by atoms with Crippen LogP contribution in [0.5, 0.6) is 5.75 Å². The van der Waals surface area contributed by atoms with Crippen LogP contribution in [0.3, 0.4) is 0 Å². The molecule has 28 heavy (non-hydrogen) atoms. The molecule has 0 saturated carbocycles. The number of hydrogen-bond donors (Lipinski definition) is 0. The molecule has 1 amide bonds. The predicted octanol–water partition coefficient (Wildman–Crippen LogP) is 5.56. The molecule has 0 unspecified atom stereocenters. The van der Waals surface area contributed by atoms with Crippen molar-refractivity contribution in [3.63, 3.8) is 0 Å². The highest BCUT2D eigenvalue weighted by Gasteiger charge is 2.31. The number of benzene rings is 3. The van der Waals surface area contributed by atoms with Crippen molar-refractivity contribution in [2.45, 2.75) is 12.7 Å². The summed E-state index contributed by atoms with van der Waals surface area (Å²) in [5.74, 6) is 0.107. The van der Waals surface area contributed by atoms with Crippen molar-refractivity contribution in [3.8, 4) is 5.75 Å². The third-order valence-corrected chi connectivity index (χ3v) is 4.25. The van der Waals surface area contributed by atoms with E-state index in [-0.39, 0.29) is 12.1 Å². The van der Waals surface area contributed by atoms with Gasteiger partial charge in [0, 0.05) is 11.3 Å². The maximum atomic E-state index is 13.1. The van der Waals surface area contributed by atoms with Crippen LogP contribution in [0.1, 0.15) is 21.5 Å². The Bertz CT molecular complexity index is 938. The Morgan fingerprint density at radius 2 is 1.61 bits per heavy atom. The minimum Gasteiger partial charge on any atom is -0.497 e. The second-order valence-electron chi connectivity index (χ2n) is 6.15. The standard InChI is InChI=1S/C22H18F3NO2/c1-28-20-12-10-19(11-13-20)26(15-16-6-3-2-4-7-16)21(27)17-8-5-9-18(14-17)22(23,24)25/h2-14H,15H2,1H3. The van der Waals surface area contributed by atoms with Gasteiger partial charge in [0.05, 0.1) is 19.2 Å². The maximum Gasteiger partial charge on any atom is 0.416 e. The lowest BCUT2D eigenvalue weighted by molar-refractivity contribution is -0.137. The van der Waals surface area contributed by atoms with Crippen molar-refractivity contribution < 1.29 is 22.7 Å². The molecule has 0 aromatic heterocycles. The molecule has 0 aliphatic rings. The Morgan fingerprint density at radius 1 is 0.929 bits per heavy atom. The monoisotopic (exact) mass is 385 g/mol. The van der Waals surface area contributed by atoms with E-state index in [2.05, 4.69) is 0 Å². The topological polar surface area (TPSA) is 29.5 Å². The first-order chi connectivity index (χ1) is 13.4. The molecule has 3 rings (SSSR count). The van der Waals surface area contributed by atoms with E-state index in [0.29, 0.717) is 11.4 Å². The van der Waals surface area contributed by atoms with Crippen molar-refractivity contribution in [1.29, 1.82) is 0 Å². The summed E-state index contributed by atoms with van der Waals surface area (Å²) in [5.41, 5.74) is 0.542. The number of carbonyl (C=O) groups is 1. The summed E-state index contributed by atoms with van der Waals surface area (Å²) in [6.07, 6.45) is -4.51. The molecule has 6 heteroatoms. The zero-order chi connectivity index (χ0) is 20.1. The molecule has 0 heterocycles. The van der Waals surface area contributed by atoms with E-state index in [1.807, 2.05) is 30.3 Å². The third kappa shape index (κ3) is 4.52. The minimum atomic E-state index is -4.51. The maximum absolute atomic E-state index is 13.1. The first kappa shape index (κ1) is 19.5. The Labute approximate surface area is 161 Å². The number of amides is 1. The SMILES string of the molecule is COc1ccc(N(Cc2ccccc2)C(=O)c2cccc(C(F)(F)F)c2)cc1. The molecule has 0 radical (unpaired) electrons. The summed E-state index contributed by atoms with van der Waals surface area (Å²) in [5, 5.41) is 0. The number of methoxy groups -OCH3 is 1. The summed E-state index contributed by atoms with van der Waals surface area (Å²) in [4.78, 5) is 14.6. The van der Waals surface area contributed by atoms with Crippen molar-refractivity contribution in [3.05, 3.63) is 95.6 Å². The summed E-state index contributed by atoms with van der Waals surface area (Å²) in [6.45, 7) is 0.224. The molecule has 0 fully saturated rings. The number of carbonyl (C=O) groups excluding carboxylic acids is 1. The lowest BCUT2D eigenvalue weighted by atomic mass is 10.1. The van der Waals surface area contributed by atoms with Crippen LogP contribution in [0.25, 0.3) is 0 Å². The number of alkyl halides is 3. The Hall–Kier alpha value is -3.28. The van der Waals surface area contributed by atoms with Gasteiger partial charge in [0.2, 0.25) is 0 Å². The molecule has 144 valence electrons. The summed E-state index contributed by atoms with van der Waals surface area (Å²) < 4.78 is 44.3. The molecule has 0 N–H and O–H groups in total. The smallest absolute Gasteiger partial charge is 0.416 e. The molecule has 0 aliphatic carbocycles. The first-order valence-electron chi connectivity index (χ1n) is 8.55. The molecule has 3 nitrogen and oxygen atoms in total. The highest BCUT2D eigenvalue weighted by atomic mass is 19.4. The quantitative estimate of drug-likeness (QED) is 0.575. The van der Waals surface area contributed by atoms with E-state index in [4.69, 9.17) is 4.74 Å². The number of anilines is 1.